The molecule has 0 saturated carbocycles. The summed E-state index contributed by atoms with van der Waals surface area (Å²) in [4.78, 5) is 22.1. The van der Waals surface area contributed by atoms with Crippen LogP contribution in [-0.2, 0) is 9.53 Å². The van der Waals surface area contributed by atoms with Gasteiger partial charge >= 0.3 is 5.97 Å². The molecule has 0 fully saturated rings. The van der Waals surface area contributed by atoms with Gasteiger partial charge < -0.3 is 4.74 Å². The Kier molecular flexibility index (Phi) is 4.68. The number of esters is 1. The maximum Gasteiger partial charge on any atom is 0.337 e. The van der Waals surface area contributed by atoms with Crippen LogP contribution in [0.2, 0.25) is 0 Å². The van der Waals surface area contributed by atoms with Gasteiger partial charge in [-0.25, -0.2) is 4.79 Å². The van der Waals surface area contributed by atoms with Gasteiger partial charge in [-0.15, -0.1) is 0 Å². The molecule has 0 aliphatic rings. The molecule has 1 rings (SSSR count). The molecule has 0 aromatic heterocycles. The fourth-order valence-corrected chi connectivity index (χ4v) is 2.51. The summed E-state index contributed by atoms with van der Waals surface area (Å²) in [5, 5.41) is 0. The van der Waals surface area contributed by atoms with Gasteiger partial charge in [-0.2, -0.15) is 0 Å². The number of ether oxygens (including phenoxy) is 1. The highest BCUT2D eigenvalue weighted by molar-refractivity contribution is 9.11. The van der Waals surface area contributed by atoms with Crippen LogP contribution in [0.5, 0.6) is 0 Å². The van der Waals surface area contributed by atoms with Crippen LogP contribution in [0.15, 0.2) is 22.7 Å². The monoisotopic (exact) mass is 348 g/mol. The van der Waals surface area contributed by atoms with Crippen LogP contribution in [0.3, 0.4) is 0 Å². The van der Waals surface area contributed by atoms with Crippen molar-refractivity contribution in [1.82, 2.24) is 0 Å². The first-order chi connectivity index (χ1) is 7.47. The lowest BCUT2D eigenvalue weighted by molar-refractivity contribution is -0.116. The van der Waals surface area contributed by atoms with Crippen molar-refractivity contribution in [2.24, 2.45) is 0 Å². The molecule has 0 radical (unpaired) electrons. The summed E-state index contributed by atoms with van der Waals surface area (Å²) in [5.74, 6) is -0.396. The van der Waals surface area contributed by atoms with E-state index in [2.05, 4.69) is 36.6 Å². The quantitative estimate of drug-likeness (QED) is 0.621. The van der Waals surface area contributed by atoms with Gasteiger partial charge in [-0.05, 0) is 24.6 Å². The lowest BCUT2D eigenvalue weighted by atomic mass is 10.1. The first-order valence-corrected chi connectivity index (χ1v) is 6.20. The molecular formula is C11H10Br2O3. The van der Waals surface area contributed by atoms with E-state index >= 15 is 0 Å². The van der Waals surface area contributed by atoms with Crippen molar-refractivity contribution in [3.05, 3.63) is 33.8 Å². The SMILES string of the molecule is COC(=O)c1ccc(C(Br)C(C)=O)c(Br)c1. The number of carbonyl (C=O) groups is 2. The molecule has 0 bridgehead atoms. The number of hydrogen-bond donors (Lipinski definition) is 0. The second kappa shape index (κ2) is 5.59. The van der Waals surface area contributed by atoms with Gasteiger partial charge in [0.25, 0.3) is 0 Å². The summed E-state index contributed by atoms with van der Waals surface area (Å²) in [7, 11) is 1.33. The van der Waals surface area contributed by atoms with Crippen molar-refractivity contribution in [3.63, 3.8) is 0 Å². The number of methoxy groups -OCH3 is 1. The number of carbonyl (C=O) groups excluding carboxylic acids is 2. The average Bonchev–Trinajstić information content (AvgIpc) is 2.26. The zero-order valence-electron chi connectivity index (χ0n) is 8.79. The predicted molar refractivity (Wildman–Crippen MR) is 67.8 cm³/mol. The first kappa shape index (κ1) is 13.4. The van der Waals surface area contributed by atoms with E-state index in [1.54, 1.807) is 18.2 Å². The molecule has 5 heteroatoms. The molecule has 0 aliphatic carbocycles. The molecule has 0 saturated heterocycles. The van der Waals surface area contributed by atoms with E-state index in [-0.39, 0.29) is 10.6 Å². The molecule has 3 nitrogen and oxygen atoms in total. The number of halogens is 2. The van der Waals surface area contributed by atoms with Gasteiger partial charge in [0.05, 0.1) is 17.5 Å². The van der Waals surface area contributed by atoms with Crippen LogP contribution in [0, 0.1) is 0 Å². The number of benzene rings is 1. The van der Waals surface area contributed by atoms with Crippen LogP contribution in [0.25, 0.3) is 0 Å². The van der Waals surface area contributed by atoms with E-state index in [0.717, 1.165) is 5.56 Å². The summed E-state index contributed by atoms with van der Waals surface area (Å²) in [6, 6.07) is 4.98. The van der Waals surface area contributed by atoms with Gasteiger partial charge in [-0.1, -0.05) is 37.9 Å². The Morgan fingerprint density at radius 2 is 2.00 bits per heavy atom. The lowest BCUT2D eigenvalue weighted by Gasteiger charge is -2.09. The van der Waals surface area contributed by atoms with E-state index in [4.69, 9.17) is 0 Å². The Hall–Kier alpha value is -0.680. The Balaban J connectivity index is 3.09. The third-order valence-corrected chi connectivity index (χ3v) is 3.88. The molecule has 86 valence electrons. The Bertz CT molecular complexity index is 429. The Morgan fingerprint density at radius 1 is 1.38 bits per heavy atom. The van der Waals surface area contributed by atoms with Gasteiger partial charge in [0.2, 0.25) is 0 Å². The van der Waals surface area contributed by atoms with Crippen molar-refractivity contribution in [1.29, 1.82) is 0 Å². The largest absolute Gasteiger partial charge is 0.465 e. The third-order valence-electron chi connectivity index (χ3n) is 2.05. The van der Waals surface area contributed by atoms with Gasteiger partial charge in [-0.3, -0.25) is 4.79 Å². The van der Waals surface area contributed by atoms with Crippen molar-refractivity contribution in [2.75, 3.05) is 7.11 Å². The van der Waals surface area contributed by atoms with Gasteiger partial charge in [0.15, 0.2) is 0 Å². The van der Waals surface area contributed by atoms with Crippen LogP contribution >= 0.6 is 31.9 Å². The van der Waals surface area contributed by atoms with Crippen LogP contribution < -0.4 is 0 Å². The predicted octanol–water partition coefficient (Wildman–Crippen LogP) is 3.26. The zero-order chi connectivity index (χ0) is 12.3. The second-order valence-electron chi connectivity index (χ2n) is 3.20. The van der Waals surface area contributed by atoms with Crippen molar-refractivity contribution < 1.29 is 14.3 Å². The molecule has 1 unspecified atom stereocenters. The van der Waals surface area contributed by atoms with Gasteiger partial charge in [0.1, 0.15) is 5.78 Å². The summed E-state index contributed by atoms with van der Waals surface area (Å²) >= 11 is 6.61. The highest BCUT2D eigenvalue weighted by atomic mass is 79.9. The summed E-state index contributed by atoms with van der Waals surface area (Å²) in [6.07, 6.45) is 0. The van der Waals surface area contributed by atoms with E-state index in [9.17, 15) is 9.59 Å². The van der Waals surface area contributed by atoms with E-state index in [1.165, 1.54) is 14.0 Å². The smallest absolute Gasteiger partial charge is 0.337 e. The molecule has 0 heterocycles. The zero-order valence-corrected chi connectivity index (χ0v) is 12.0. The summed E-state index contributed by atoms with van der Waals surface area (Å²) < 4.78 is 5.30. The number of Topliss-reactive ketones (excluding diaryl/α,β-unsaturated/α-hetero) is 1. The minimum absolute atomic E-state index is 0.00604. The third kappa shape index (κ3) is 2.92. The normalized spacial score (nSPS) is 12.0. The Labute approximate surface area is 110 Å². The van der Waals surface area contributed by atoms with E-state index in [1.807, 2.05) is 0 Å². The van der Waals surface area contributed by atoms with E-state index in [0.29, 0.717) is 10.0 Å². The fourth-order valence-electron chi connectivity index (χ4n) is 1.20. The highest BCUT2D eigenvalue weighted by Crippen LogP contribution is 2.31. The lowest BCUT2D eigenvalue weighted by Crippen LogP contribution is -2.05. The van der Waals surface area contributed by atoms with Gasteiger partial charge in [0, 0.05) is 4.47 Å². The first-order valence-electron chi connectivity index (χ1n) is 4.49. The van der Waals surface area contributed by atoms with Crippen molar-refractivity contribution >= 4 is 43.6 Å². The van der Waals surface area contributed by atoms with Crippen molar-refractivity contribution in [2.45, 2.75) is 11.8 Å². The van der Waals surface area contributed by atoms with Crippen LogP contribution in [0.1, 0.15) is 27.7 Å². The molecule has 1 aromatic carbocycles. The molecule has 1 aromatic rings. The molecule has 0 N–H and O–H groups in total. The summed E-state index contributed by atoms with van der Waals surface area (Å²) in [6.45, 7) is 1.50. The molecular weight excluding hydrogens is 340 g/mol. The molecule has 0 aliphatic heterocycles. The maximum atomic E-state index is 11.3. The number of ketones is 1. The highest BCUT2D eigenvalue weighted by Gasteiger charge is 2.17. The maximum absolute atomic E-state index is 11.3. The average molecular weight is 350 g/mol. The van der Waals surface area contributed by atoms with E-state index < -0.39 is 5.97 Å². The van der Waals surface area contributed by atoms with Crippen molar-refractivity contribution in [3.8, 4) is 0 Å². The number of alkyl halides is 1. The molecule has 16 heavy (non-hydrogen) atoms. The topological polar surface area (TPSA) is 43.4 Å². The van der Waals surface area contributed by atoms with Crippen LogP contribution in [-0.4, -0.2) is 18.9 Å². The summed E-state index contributed by atoms with van der Waals surface area (Å²) in [5.41, 5.74) is 1.24. The van der Waals surface area contributed by atoms with Crippen LogP contribution in [0.4, 0.5) is 0 Å². The second-order valence-corrected chi connectivity index (χ2v) is 4.97. The molecule has 0 spiro atoms. The molecule has 0 amide bonds. The minimum atomic E-state index is -0.402. The minimum Gasteiger partial charge on any atom is -0.465 e. The standard InChI is InChI=1S/C11H10Br2O3/c1-6(14)10(13)8-4-3-7(5-9(8)12)11(15)16-2/h3-5,10H,1-2H3. The molecule has 1 atom stereocenters. The Morgan fingerprint density at radius 3 is 2.44 bits per heavy atom. The fraction of sp³-hybridized carbons (Fsp3) is 0.273. The number of hydrogen-bond acceptors (Lipinski definition) is 3. The number of rotatable bonds is 3.